The molecule has 1 heterocycles. The lowest BCUT2D eigenvalue weighted by molar-refractivity contribution is 0.623. The molecule has 0 N–H and O–H groups in total. The third-order valence-electron chi connectivity index (χ3n) is 3.33. The maximum atomic E-state index is 13.4. The van der Waals surface area contributed by atoms with E-state index in [-0.39, 0.29) is 11.2 Å². The van der Waals surface area contributed by atoms with E-state index in [9.17, 15) is 4.39 Å². The predicted molar refractivity (Wildman–Crippen MR) is 87.2 cm³/mol. The van der Waals surface area contributed by atoms with Crippen LogP contribution in [0.2, 0.25) is 0 Å². The average Bonchev–Trinajstić information content (AvgIpc) is 2.77. The lowest BCUT2D eigenvalue weighted by atomic mass is 10.2. The highest BCUT2D eigenvalue weighted by Crippen LogP contribution is 2.27. The number of hydrogen-bond acceptors (Lipinski definition) is 1. The molecule has 0 saturated carbocycles. The van der Waals surface area contributed by atoms with E-state index in [2.05, 4.69) is 20.9 Å². The molecule has 0 amide bonds. The molecule has 3 aromatic rings. The zero-order valence-corrected chi connectivity index (χ0v) is 13.7. The fourth-order valence-corrected chi connectivity index (χ4v) is 2.92. The molecule has 108 valence electrons. The molecular weight excluding hydrogens is 355 g/mol. The molecule has 0 radical (unpaired) electrons. The van der Waals surface area contributed by atoms with Crippen molar-refractivity contribution in [3.05, 3.63) is 64.1 Å². The van der Waals surface area contributed by atoms with Crippen LogP contribution in [0.15, 0.2) is 46.9 Å². The van der Waals surface area contributed by atoms with Crippen LogP contribution in [0.5, 0.6) is 0 Å². The van der Waals surface area contributed by atoms with Gasteiger partial charge in [0.25, 0.3) is 0 Å². The Bertz CT molecular complexity index is 798. The topological polar surface area (TPSA) is 17.8 Å². The average molecular weight is 368 g/mol. The van der Waals surface area contributed by atoms with Crippen molar-refractivity contribution >= 4 is 38.6 Å². The Kier molecular flexibility index (Phi) is 4.00. The van der Waals surface area contributed by atoms with Gasteiger partial charge in [-0.3, -0.25) is 0 Å². The molecule has 0 aliphatic carbocycles. The van der Waals surface area contributed by atoms with Gasteiger partial charge in [0.1, 0.15) is 11.6 Å². The van der Waals surface area contributed by atoms with Gasteiger partial charge in [-0.1, -0.05) is 28.1 Å². The maximum Gasteiger partial charge on any atom is 0.128 e. The van der Waals surface area contributed by atoms with Crippen LogP contribution in [0, 0.1) is 5.82 Å². The zero-order chi connectivity index (χ0) is 15.0. The summed E-state index contributed by atoms with van der Waals surface area (Å²) in [5, 5.41) is -0.218. The molecule has 21 heavy (non-hydrogen) atoms. The predicted octanol–water partition coefficient (Wildman–Crippen LogP) is 5.29. The molecule has 0 bridgehead atoms. The SMILES string of the molecule is CC(Cl)c1nc2ccc(Br)cc2n1Cc1cccc(F)c1. The van der Waals surface area contributed by atoms with Crippen molar-refractivity contribution in [2.75, 3.05) is 0 Å². The Hall–Kier alpha value is -1.39. The molecule has 0 aliphatic rings. The van der Waals surface area contributed by atoms with Gasteiger partial charge in [-0.15, -0.1) is 11.6 Å². The number of rotatable bonds is 3. The minimum Gasteiger partial charge on any atom is -0.322 e. The summed E-state index contributed by atoms with van der Waals surface area (Å²) in [7, 11) is 0. The Morgan fingerprint density at radius 1 is 1.29 bits per heavy atom. The fraction of sp³-hybridized carbons (Fsp3) is 0.188. The Balaban J connectivity index is 2.14. The first-order valence-electron chi connectivity index (χ1n) is 6.59. The molecule has 3 rings (SSSR count). The van der Waals surface area contributed by atoms with Crippen LogP contribution in [0.3, 0.4) is 0 Å². The normalized spacial score (nSPS) is 12.8. The molecule has 5 heteroatoms. The molecule has 0 aliphatic heterocycles. The number of hydrogen-bond donors (Lipinski definition) is 0. The molecule has 0 fully saturated rings. The van der Waals surface area contributed by atoms with Crippen molar-refractivity contribution in [2.45, 2.75) is 18.8 Å². The summed E-state index contributed by atoms with van der Waals surface area (Å²) in [6.45, 7) is 2.43. The van der Waals surface area contributed by atoms with Crippen molar-refractivity contribution in [3.63, 3.8) is 0 Å². The lowest BCUT2D eigenvalue weighted by Crippen LogP contribution is -2.06. The lowest BCUT2D eigenvalue weighted by Gasteiger charge is -2.11. The van der Waals surface area contributed by atoms with E-state index >= 15 is 0 Å². The van der Waals surface area contributed by atoms with Gasteiger partial charge >= 0.3 is 0 Å². The van der Waals surface area contributed by atoms with Crippen LogP contribution < -0.4 is 0 Å². The van der Waals surface area contributed by atoms with Crippen molar-refractivity contribution in [1.82, 2.24) is 9.55 Å². The van der Waals surface area contributed by atoms with Gasteiger partial charge in [0.15, 0.2) is 0 Å². The van der Waals surface area contributed by atoms with Crippen LogP contribution in [0.1, 0.15) is 23.7 Å². The standard InChI is InChI=1S/C16H13BrClFN2/c1-10(18)16-20-14-6-5-12(17)8-15(14)21(16)9-11-3-2-4-13(19)7-11/h2-8,10H,9H2,1H3. The summed E-state index contributed by atoms with van der Waals surface area (Å²) in [6.07, 6.45) is 0. The minimum atomic E-state index is -0.237. The van der Waals surface area contributed by atoms with Crippen molar-refractivity contribution in [2.24, 2.45) is 0 Å². The van der Waals surface area contributed by atoms with Crippen LogP contribution in [-0.4, -0.2) is 9.55 Å². The quantitative estimate of drug-likeness (QED) is 0.575. The van der Waals surface area contributed by atoms with E-state index < -0.39 is 0 Å². The van der Waals surface area contributed by atoms with E-state index in [1.165, 1.54) is 12.1 Å². The summed E-state index contributed by atoms with van der Waals surface area (Å²) in [4.78, 5) is 4.59. The third-order valence-corrected chi connectivity index (χ3v) is 4.01. The minimum absolute atomic E-state index is 0.218. The van der Waals surface area contributed by atoms with Crippen molar-refractivity contribution in [3.8, 4) is 0 Å². The van der Waals surface area contributed by atoms with Crippen LogP contribution in [-0.2, 0) is 6.54 Å². The van der Waals surface area contributed by atoms with Crippen molar-refractivity contribution < 1.29 is 4.39 Å². The first kappa shape index (κ1) is 14.5. The highest BCUT2D eigenvalue weighted by Gasteiger charge is 2.15. The molecule has 2 nitrogen and oxygen atoms in total. The molecular formula is C16H13BrClFN2. The van der Waals surface area contributed by atoms with E-state index in [0.29, 0.717) is 6.54 Å². The number of aromatic nitrogens is 2. The first-order chi connectivity index (χ1) is 10.0. The number of fused-ring (bicyclic) bond motifs is 1. The smallest absolute Gasteiger partial charge is 0.128 e. The number of halogens is 3. The van der Waals surface area contributed by atoms with Crippen molar-refractivity contribution in [1.29, 1.82) is 0 Å². The Labute approximate surface area is 135 Å². The van der Waals surface area contributed by atoms with Gasteiger partial charge in [-0.2, -0.15) is 0 Å². The van der Waals surface area contributed by atoms with E-state index in [4.69, 9.17) is 11.6 Å². The summed E-state index contributed by atoms with van der Waals surface area (Å²) < 4.78 is 16.4. The van der Waals surface area contributed by atoms with Gasteiger partial charge in [0, 0.05) is 11.0 Å². The van der Waals surface area contributed by atoms with E-state index in [0.717, 1.165) is 26.9 Å². The summed E-state index contributed by atoms with van der Waals surface area (Å²) >= 11 is 9.72. The molecule has 1 atom stereocenters. The van der Waals surface area contributed by atoms with Crippen LogP contribution in [0.25, 0.3) is 11.0 Å². The van der Waals surface area contributed by atoms with Gasteiger partial charge in [-0.05, 0) is 42.8 Å². The summed E-state index contributed by atoms with van der Waals surface area (Å²) in [5.74, 6) is 0.549. The molecule has 0 saturated heterocycles. The van der Waals surface area contributed by atoms with Gasteiger partial charge in [-0.25, -0.2) is 9.37 Å². The third kappa shape index (κ3) is 2.97. The van der Waals surface area contributed by atoms with Gasteiger partial charge in [0.2, 0.25) is 0 Å². The Morgan fingerprint density at radius 3 is 2.81 bits per heavy atom. The van der Waals surface area contributed by atoms with E-state index in [1.807, 2.05) is 35.8 Å². The zero-order valence-electron chi connectivity index (χ0n) is 11.4. The molecule has 2 aromatic carbocycles. The summed E-state index contributed by atoms with van der Waals surface area (Å²) in [5.41, 5.74) is 2.75. The maximum absolute atomic E-state index is 13.4. The second-order valence-corrected chi connectivity index (χ2v) is 6.51. The second-order valence-electron chi connectivity index (χ2n) is 4.94. The molecule has 0 spiro atoms. The van der Waals surface area contributed by atoms with Gasteiger partial charge in [0.05, 0.1) is 16.4 Å². The second kappa shape index (κ2) is 5.78. The summed E-state index contributed by atoms with van der Waals surface area (Å²) in [6, 6.07) is 12.5. The number of alkyl halides is 1. The molecule has 1 aromatic heterocycles. The largest absolute Gasteiger partial charge is 0.322 e. The number of benzene rings is 2. The van der Waals surface area contributed by atoms with E-state index in [1.54, 1.807) is 6.07 Å². The van der Waals surface area contributed by atoms with Crippen LogP contribution >= 0.6 is 27.5 Å². The molecule has 1 unspecified atom stereocenters. The van der Waals surface area contributed by atoms with Crippen LogP contribution in [0.4, 0.5) is 4.39 Å². The highest BCUT2D eigenvalue weighted by atomic mass is 79.9. The Morgan fingerprint density at radius 2 is 2.10 bits per heavy atom. The number of imidazole rings is 1. The highest BCUT2D eigenvalue weighted by molar-refractivity contribution is 9.10. The number of nitrogens with zero attached hydrogens (tertiary/aromatic N) is 2. The monoisotopic (exact) mass is 366 g/mol. The van der Waals surface area contributed by atoms with Gasteiger partial charge < -0.3 is 4.57 Å². The fourth-order valence-electron chi connectivity index (χ4n) is 2.40. The first-order valence-corrected chi connectivity index (χ1v) is 7.82.